The minimum Gasteiger partial charge on any atom is -0.327 e. The Kier molecular flexibility index (Phi) is 13.2. The van der Waals surface area contributed by atoms with E-state index in [0.29, 0.717) is 0 Å². The molecule has 2 heterocycles. The second kappa shape index (κ2) is 12.3. The maximum atomic E-state index is 4.42. The van der Waals surface area contributed by atoms with E-state index < -0.39 is 0 Å². The van der Waals surface area contributed by atoms with Gasteiger partial charge in [-0.05, 0) is 20.3 Å². The molecule has 0 spiro atoms. The van der Waals surface area contributed by atoms with Crippen molar-refractivity contribution in [1.29, 1.82) is 0 Å². The second-order valence-corrected chi connectivity index (χ2v) is 3.18. The van der Waals surface area contributed by atoms with Crippen molar-refractivity contribution in [1.82, 2.24) is 9.55 Å². The molecular formula is C15H31N3. The maximum absolute atomic E-state index is 4.42. The van der Waals surface area contributed by atoms with E-state index in [2.05, 4.69) is 21.5 Å². The first kappa shape index (κ1) is 19.2. The van der Waals surface area contributed by atoms with Gasteiger partial charge in [-0.25, -0.2) is 4.98 Å². The van der Waals surface area contributed by atoms with Crippen LogP contribution in [0.25, 0.3) is 0 Å². The van der Waals surface area contributed by atoms with Gasteiger partial charge in [0.25, 0.3) is 0 Å². The number of hydrogen-bond acceptors (Lipinski definition) is 2. The minimum absolute atomic E-state index is 0.932. The Morgan fingerprint density at radius 3 is 2.11 bits per heavy atom. The average molecular weight is 253 g/mol. The van der Waals surface area contributed by atoms with Crippen LogP contribution in [0.2, 0.25) is 0 Å². The number of aryl methyl sites for hydroxylation is 1. The zero-order chi connectivity index (χ0) is 14.6. The summed E-state index contributed by atoms with van der Waals surface area (Å²) in [5, 5.41) is 0. The molecule has 106 valence electrons. The van der Waals surface area contributed by atoms with Gasteiger partial charge in [-0.15, -0.1) is 0 Å². The summed E-state index contributed by atoms with van der Waals surface area (Å²) < 4.78 is 2.24. The quantitative estimate of drug-likeness (QED) is 0.674. The lowest BCUT2D eigenvalue weighted by Gasteiger charge is -2.03. The molecule has 0 saturated carbocycles. The number of aromatic nitrogens is 2. The van der Waals surface area contributed by atoms with E-state index in [0.717, 1.165) is 31.0 Å². The highest BCUT2D eigenvalue weighted by atomic mass is 15.1. The van der Waals surface area contributed by atoms with Crippen LogP contribution in [0.4, 0.5) is 0 Å². The molecule has 3 heteroatoms. The van der Waals surface area contributed by atoms with Crippen LogP contribution in [0.5, 0.6) is 0 Å². The molecule has 0 radical (unpaired) electrons. The first-order valence-electron chi connectivity index (χ1n) is 7.32. The number of aliphatic imine (C=N–C) groups is 1. The monoisotopic (exact) mass is 253 g/mol. The molecule has 0 aromatic carbocycles. The van der Waals surface area contributed by atoms with E-state index in [1.165, 1.54) is 5.69 Å². The molecule has 1 aromatic heterocycles. The Labute approximate surface area is 113 Å². The minimum atomic E-state index is 0.932. The fourth-order valence-electron chi connectivity index (χ4n) is 1.53. The standard InChI is InChI=1S/C9H13N3.3C2H6/c1-7-8(2)12-5-3-4-10-6-9(12)11-7;3*1-2/h6H,3-5H2,1-2H3;3*1-2H3. The highest BCUT2D eigenvalue weighted by Crippen LogP contribution is 2.11. The molecule has 0 amide bonds. The van der Waals surface area contributed by atoms with Gasteiger partial charge in [0, 0.05) is 18.8 Å². The third-order valence-corrected chi connectivity index (χ3v) is 2.36. The van der Waals surface area contributed by atoms with Crippen molar-refractivity contribution in [2.24, 2.45) is 4.99 Å². The summed E-state index contributed by atoms with van der Waals surface area (Å²) in [7, 11) is 0. The molecule has 1 aromatic rings. The van der Waals surface area contributed by atoms with Gasteiger partial charge in [-0.1, -0.05) is 41.5 Å². The summed E-state index contributed by atoms with van der Waals surface area (Å²) in [5.74, 6) is 1.02. The largest absolute Gasteiger partial charge is 0.327 e. The SMILES string of the molecule is CC.CC.CC.Cc1nc2n(c1C)CCCN=C2. The van der Waals surface area contributed by atoms with E-state index in [1.54, 1.807) is 0 Å². The van der Waals surface area contributed by atoms with E-state index >= 15 is 0 Å². The molecule has 1 aliphatic heterocycles. The van der Waals surface area contributed by atoms with Gasteiger partial charge in [0.05, 0.1) is 11.9 Å². The van der Waals surface area contributed by atoms with Crippen LogP contribution in [0, 0.1) is 13.8 Å². The van der Waals surface area contributed by atoms with Gasteiger partial charge in [0.2, 0.25) is 0 Å². The summed E-state index contributed by atoms with van der Waals surface area (Å²) in [4.78, 5) is 8.68. The zero-order valence-corrected chi connectivity index (χ0v) is 13.5. The van der Waals surface area contributed by atoms with Crippen molar-refractivity contribution in [2.75, 3.05) is 6.54 Å². The van der Waals surface area contributed by atoms with Gasteiger partial charge in [-0.2, -0.15) is 0 Å². The Balaban J connectivity index is 0. The summed E-state index contributed by atoms with van der Waals surface area (Å²) in [6, 6.07) is 0. The first-order chi connectivity index (χ1) is 8.79. The number of hydrogen-bond donors (Lipinski definition) is 0. The van der Waals surface area contributed by atoms with Crippen molar-refractivity contribution < 1.29 is 0 Å². The van der Waals surface area contributed by atoms with E-state index in [-0.39, 0.29) is 0 Å². The molecule has 3 nitrogen and oxygen atoms in total. The van der Waals surface area contributed by atoms with E-state index in [1.807, 2.05) is 54.7 Å². The van der Waals surface area contributed by atoms with Crippen molar-refractivity contribution in [3.05, 3.63) is 17.2 Å². The van der Waals surface area contributed by atoms with Crippen molar-refractivity contribution in [2.45, 2.75) is 68.4 Å². The molecule has 1 aliphatic rings. The van der Waals surface area contributed by atoms with Crippen molar-refractivity contribution >= 4 is 6.21 Å². The molecule has 0 saturated heterocycles. The molecule has 0 atom stereocenters. The van der Waals surface area contributed by atoms with Crippen LogP contribution in [-0.2, 0) is 6.54 Å². The Hall–Kier alpha value is -1.12. The average Bonchev–Trinajstić information content (AvgIpc) is 2.65. The van der Waals surface area contributed by atoms with Crippen LogP contribution >= 0.6 is 0 Å². The fourth-order valence-corrected chi connectivity index (χ4v) is 1.53. The number of nitrogens with zero attached hydrogens (tertiary/aromatic N) is 3. The predicted octanol–water partition coefficient (Wildman–Crippen LogP) is 4.40. The normalized spacial score (nSPS) is 11.6. The Morgan fingerprint density at radius 2 is 1.56 bits per heavy atom. The molecule has 0 bridgehead atoms. The molecule has 18 heavy (non-hydrogen) atoms. The lowest BCUT2D eigenvalue weighted by molar-refractivity contribution is 0.645. The van der Waals surface area contributed by atoms with Crippen LogP contribution in [0.1, 0.15) is 65.2 Å². The van der Waals surface area contributed by atoms with Gasteiger partial charge in [0.1, 0.15) is 0 Å². The molecule has 0 aliphatic carbocycles. The number of imidazole rings is 1. The first-order valence-corrected chi connectivity index (χ1v) is 7.32. The van der Waals surface area contributed by atoms with Crippen molar-refractivity contribution in [3.63, 3.8) is 0 Å². The molecule has 0 fully saturated rings. The Bertz CT molecular complexity index is 325. The highest BCUT2D eigenvalue weighted by molar-refractivity contribution is 5.75. The van der Waals surface area contributed by atoms with Crippen LogP contribution < -0.4 is 0 Å². The Morgan fingerprint density at radius 1 is 1.00 bits per heavy atom. The summed E-state index contributed by atoms with van der Waals surface area (Å²) in [6.07, 6.45) is 3.01. The van der Waals surface area contributed by atoms with Crippen LogP contribution in [-0.4, -0.2) is 22.3 Å². The summed E-state index contributed by atoms with van der Waals surface area (Å²) in [6.45, 7) is 18.2. The van der Waals surface area contributed by atoms with Crippen molar-refractivity contribution in [3.8, 4) is 0 Å². The smallest absolute Gasteiger partial charge is 0.151 e. The fraction of sp³-hybridized carbons (Fsp3) is 0.733. The number of fused-ring (bicyclic) bond motifs is 1. The van der Waals surface area contributed by atoms with Gasteiger partial charge in [-0.3, -0.25) is 4.99 Å². The molecule has 0 N–H and O–H groups in total. The van der Waals surface area contributed by atoms with Crippen LogP contribution in [0.15, 0.2) is 4.99 Å². The maximum Gasteiger partial charge on any atom is 0.151 e. The van der Waals surface area contributed by atoms with E-state index in [9.17, 15) is 0 Å². The zero-order valence-electron chi connectivity index (χ0n) is 13.5. The number of rotatable bonds is 0. The summed E-state index contributed by atoms with van der Waals surface area (Å²) in [5.41, 5.74) is 2.40. The third-order valence-electron chi connectivity index (χ3n) is 2.36. The van der Waals surface area contributed by atoms with Crippen LogP contribution in [0.3, 0.4) is 0 Å². The highest BCUT2D eigenvalue weighted by Gasteiger charge is 2.09. The molecule has 2 rings (SSSR count). The van der Waals surface area contributed by atoms with E-state index in [4.69, 9.17) is 0 Å². The second-order valence-electron chi connectivity index (χ2n) is 3.18. The van der Waals surface area contributed by atoms with Gasteiger partial charge in [0.15, 0.2) is 5.82 Å². The molecular weight excluding hydrogens is 222 g/mol. The summed E-state index contributed by atoms with van der Waals surface area (Å²) >= 11 is 0. The topological polar surface area (TPSA) is 30.2 Å². The third kappa shape index (κ3) is 5.48. The predicted molar refractivity (Wildman–Crippen MR) is 82.8 cm³/mol. The van der Waals surface area contributed by atoms with Gasteiger partial charge >= 0.3 is 0 Å². The lowest BCUT2D eigenvalue weighted by atomic mass is 10.3. The molecule has 0 unspecified atom stereocenters. The van der Waals surface area contributed by atoms with Gasteiger partial charge < -0.3 is 4.57 Å². The lowest BCUT2D eigenvalue weighted by Crippen LogP contribution is -2.03.